The van der Waals surface area contributed by atoms with Crippen molar-refractivity contribution in [2.75, 3.05) is 7.11 Å². The van der Waals surface area contributed by atoms with E-state index in [4.69, 9.17) is 14.9 Å². The number of rotatable bonds is 5. The average molecular weight is 340 g/mol. The van der Waals surface area contributed by atoms with Gasteiger partial charge in [-0.05, 0) is 35.4 Å². The van der Waals surface area contributed by atoms with Gasteiger partial charge in [-0.15, -0.1) is 0 Å². The number of methoxy groups -OCH3 is 1. The number of hydrogen-bond acceptors (Lipinski definition) is 4. The molecule has 2 aromatic carbocycles. The van der Waals surface area contributed by atoms with E-state index in [0.717, 1.165) is 12.1 Å². The molecule has 2 rings (SSSR count). The minimum Gasteiger partial charge on any atom is -0.496 e. The summed E-state index contributed by atoms with van der Waals surface area (Å²) in [6.07, 6.45) is -5.83. The first-order chi connectivity index (χ1) is 11.3. The second-order valence-electron chi connectivity index (χ2n) is 5.14. The third-order valence-corrected chi connectivity index (χ3v) is 3.48. The molecule has 0 fully saturated rings. The molecule has 0 atom stereocenters. The Hall–Kier alpha value is -2.38. The standard InChI is InChI=1S/C17H15F3O4/c1-24-15-5-2-10(7-16(22)23)6-14(15)13-4-3-12(17(18,19)20)8-11(13)9-21/h2-6,8-9,16,22-23H,7H2,1H3. The fourth-order valence-corrected chi connectivity index (χ4v) is 2.39. The van der Waals surface area contributed by atoms with Crippen LogP contribution in [0.15, 0.2) is 36.4 Å². The molecular formula is C17H15F3O4. The first kappa shape index (κ1) is 18.0. The highest BCUT2D eigenvalue weighted by atomic mass is 19.4. The molecule has 0 saturated carbocycles. The van der Waals surface area contributed by atoms with Crippen molar-refractivity contribution >= 4 is 6.29 Å². The Bertz CT molecular complexity index is 739. The van der Waals surface area contributed by atoms with E-state index in [0.29, 0.717) is 23.2 Å². The quantitative estimate of drug-likeness (QED) is 0.649. The number of benzene rings is 2. The first-order valence-corrected chi connectivity index (χ1v) is 6.96. The van der Waals surface area contributed by atoms with Crippen molar-refractivity contribution in [1.29, 1.82) is 0 Å². The van der Waals surface area contributed by atoms with Crippen LogP contribution in [0.2, 0.25) is 0 Å². The summed E-state index contributed by atoms with van der Waals surface area (Å²) in [5, 5.41) is 18.1. The molecule has 0 aliphatic rings. The number of carbonyl (C=O) groups excluding carboxylic acids is 1. The summed E-state index contributed by atoms with van der Waals surface area (Å²) >= 11 is 0. The van der Waals surface area contributed by atoms with Crippen LogP contribution in [0.25, 0.3) is 11.1 Å². The van der Waals surface area contributed by atoms with Crippen molar-refractivity contribution in [2.24, 2.45) is 0 Å². The molecule has 0 heterocycles. The maximum atomic E-state index is 12.8. The zero-order chi connectivity index (χ0) is 17.9. The number of aldehydes is 1. The Morgan fingerprint density at radius 1 is 1.12 bits per heavy atom. The van der Waals surface area contributed by atoms with Crippen LogP contribution < -0.4 is 4.74 Å². The maximum absolute atomic E-state index is 12.8. The van der Waals surface area contributed by atoms with Crippen molar-refractivity contribution in [2.45, 2.75) is 18.9 Å². The van der Waals surface area contributed by atoms with Gasteiger partial charge in [0.05, 0.1) is 12.7 Å². The smallest absolute Gasteiger partial charge is 0.416 e. The number of alkyl halides is 3. The average Bonchev–Trinajstić information content (AvgIpc) is 2.52. The van der Waals surface area contributed by atoms with Crippen molar-refractivity contribution < 1.29 is 32.9 Å². The molecule has 0 saturated heterocycles. The lowest BCUT2D eigenvalue weighted by Crippen LogP contribution is -2.08. The van der Waals surface area contributed by atoms with Gasteiger partial charge in [0, 0.05) is 17.5 Å². The fourth-order valence-electron chi connectivity index (χ4n) is 2.39. The lowest BCUT2D eigenvalue weighted by molar-refractivity contribution is -0.137. The molecule has 128 valence electrons. The maximum Gasteiger partial charge on any atom is 0.416 e. The van der Waals surface area contributed by atoms with Crippen LogP contribution in [0.1, 0.15) is 21.5 Å². The second kappa shape index (κ2) is 7.02. The van der Waals surface area contributed by atoms with E-state index in [1.54, 1.807) is 18.2 Å². The van der Waals surface area contributed by atoms with Gasteiger partial charge in [0.25, 0.3) is 0 Å². The molecule has 0 radical (unpaired) electrons. The van der Waals surface area contributed by atoms with Crippen LogP contribution in [0.4, 0.5) is 13.2 Å². The van der Waals surface area contributed by atoms with Gasteiger partial charge < -0.3 is 14.9 Å². The van der Waals surface area contributed by atoms with Crippen molar-refractivity contribution in [3.63, 3.8) is 0 Å². The van der Waals surface area contributed by atoms with Crippen molar-refractivity contribution in [3.05, 3.63) is 53.1 Å². The van der Waals surface area contributed by atoms with Crippen LogP contribution in [0.3, 0.4) is 0 Å². The van der Waals surface area contributed by atoms with Gasteiger partial charge in [-0.25, -0.2) is 0 Å². The monoisotopic (exact) mass is 340 g/mol. The Balaban J connectivity index is 2.59. The molecule has 0 spiro atoms. The van der Waals surface area contributed by atoms with E-state index < -0.39 is 18.0 Å². The van der Waals surface area contributed by atoms with E-state index in [-0.39, 0.29) is 17.5 Å². The highest BCUT2D eigenvalue weighted by molar-refractivity contribution is 5.89. The lowest BCUT2D eigenvalue weighted by Gasteiger charge is -2.15. The Labute approximate surface area is 136 Å². The number of halogens is 3. The molecule has 2 N–H and O–H groups in total. The summed E-state index contributed by atoms with van der Waals surface area (Å²) in [5.41, 5.74) is 0.146. The Morgan fingerprint density at radius 3 is 2.38 bits per heavy atom. The van der Waals surface area contributed by atoms with Gasteiger partial charge in [0.1, 0.15) is 5.75 Å². The predicted octanol–water partition coefficient (Wildman–Crippen LogP) is 3.05. The molecular weight excluding hydrogens is 325 g/mol. The van der Waals surface area contributed by atoms with E-state index in [1.807, 2.05) is 0 Å². The van der Waals surface area contributed by atoms with Gasteiger partial charge in [-0.3, -0.25) is 4.79 Å². The van der Waals surface area contributed by atoms with E-state index >= 15 is 0 Å². The minimum atomic E-state index is -4.55. The first-order valence-electron chi connectivity index (χ1n) is 6.96. The fraction of sp³-hybridized carbons (Fsp3) is 0.235. The van der Waals surface area contributed by atoms with E-state index in [1.165, 1.54) is 13.2 Å². The van der Waals surface area contributed by atoms with Gasteiger partial charge in [0.15, 0.2) is 12.6 Å². The molecule has 7 heteroatoms. The number of ether oxygens (including phenoxy) is 1. The summed E-state index contributed by atoms with van der Waals surface area (Å²) in [7, 11) is 1.39. The molecule has 2 aromatic rings. The Morgan fingerprint density at radius 2 is 1.83 bits per heavy atom. The third kappa shape index (κ3) is 3.93. The molecule has 0 unspecified atom stereocenters. The van der Waals surface area contributed by atoms with Gasteiger partial charge in [0.2, 0.25) is 0 Å². The summed E-state index contributed by atoms with van der Waals surface area (Å²) in [6, 6.07) is 7.56. The van der Waals surface area contributed by atoms with Crippen molar-refractivity contribution in [3.8, 4) is 16.9 Å². The Kier molecular flexibility index (Phi) is 5.26. The van der Waals surface area contributed by atoms with Crippen LogP contribution in [0.5, 0.6) is 5.75 Å². The van der Waals surface area contributed by atoms with Crippen LogP contribution in [-0.2, 0) is 12.6 Å². The van der Waals surface area contributed by atoms with E-state index in [9.17, 15) is 18.0 Å². The largest absolute Gasteiger partial charge is 0.496 e. The third-order valence-electron chi connectivity index (χ3n) is 3.48. The molecule has 0 aromatic heterocycles. The molecule has 0 bridgehead atoms. The lowest BCUT2D eigenvalue weighted by atomic mass is 9.95. The van der Waals surface area contributed by atoms with Gasteiger partial charge in [-0.2, -0.15) is 13.2 Å². The topological polar surface area (TPSA) is 66.8 Å². The molecule has 0 aliphatic carbocycles. The summed E-state index contributed by atoms with van der Waals surface area (Å²) in [5.74, 6) is 0.356. The number of aliphatic hydroxyl groups excluding tert-OH is 1. The van der Waals surface area contributed by atoms with Gasteiger partial charge >= 0.3 is 6.18 Å². The molecule has 0 aliphatic heterocycles. The summed E-state index contributed by atoms with van der Waals surface area (Å²) < 4.78 is 43.6. The van der Waals surface area contributed by atoms with Crippen LogP contribution >= 0.6 is 0 Å². The highest BCUT2D eigenvalue weighted by Gasteiger charge is 2.31. The predicted molar refractivity (Wildman–Crippen MR) is 80.7 cm³/mol. The normalized spacial score (nSPS) is 11.6. The number of aliphatic hydroxyl groups is 2. The summed E-state index contributed by atoms with van der Waals surface area (Å²) in [6.45, 7) is 0. The number of hydrogen-bond donors (Lipinski definition) is 2. The second-order valence-corrected chi connectivity index (χ2v) is 5.14. The van der Waals surface area contributed by atoms with Crippen LogP contribution in [0, 0.1) is 0 Å². The van der Waals surface area contributed by atoms with Crippen LogP contribution in [-0.4, -0.2) is 29.9 Å². The number of carbonyl (C=O) groups is 1. The van der Waals surface area contributed by atoms with Crippen molar-refractivity contribution in [1.82, 2.24) is 0 Å². The zero-order valence-electron chi connectivity index (χ0n) is 12.7. The minimum absolute atomic E-state index is 0.0615. The molecule has 24 heavy (non-hydrogen) atoms. The highest BCUT2D eigenvalue weighted by Crippen LogP contribution is 2.36. The zero-order valence-corrected chi connectivity index (χ0v) is 12.7. The van der Waals surface area contributed by atoms with Gasteiger partial charge in [-0.1, -0.05) is 12.1 Å². The van der Waals surface area contributed by atoms with E-state index in [2.05, 4.69) is 0 Å². The summed E-state index contributed by atoms with van der Waals surface area (Å²) in [4.78, 5) is 11.3. The SMILES string of the molecule is COc1ccc(CC(O)O)cc1-c1ccc(C(F)(F)F)cc1C=O. The molecule has 0 amide bonds. The molecule has 4 nitrogen and oxygen atoms in total.